The Balaban J connectivity index is 2.36. The normalized spacial score (nSPS) is 29.5. The van der Waals surface area contributed by atoms with Gasteiger partial charge in [-0.2, -0.15) is 13.2 Å². The van der Waals surface area contributed by atoms with Crippen molar-refractivity contribution in [2.24, 2.45) is 11.7 Å². The van der Waals surface area contributed by atoms with Crippen molar-refractivity contribution in [3.63, 3.8) is 0 Å². The molecular formula is C13H24F3NO. The summed E-state index contributed by atoms with van der Waals surface area (Å²) in [6.07, 6.45) is 0.979. The first-order valence-corrected chi connectivity index (χ1v) is 6.81. The molecular weight excluding hydrogens is 243 g/mol. The maximum absolute atomic E-state index is 12.1. The van der Waals surface area contributed by atoms with Gasteiger partial charge >= 0.3 is 6.18 Å². The van der Waals surface area contributed by atoms with Gasteiger partial charge in [0.05, 0.1) is 18.6 Å². The van der Waals surface area contributed by atoms with Gasteiger partial charge < -0.3 is 10.5 Å². The van der Waals surface area contributed by atoms with Gasteiger partial charge in [0.2, 0.25) is 0 Å². The van der Waals surface area contributed by atoms with Gasteiger partial charge in [0.1, 0.15) is 0 Å². The molecule has 1 saturated carbocycles. The molecule has 5 heteroatoms. The van der Waals surface area contributed by atoms with Gasteiger partial charge in [-0.15, -0.1) is 0 Å². The predicted molar refractivity (Wildman–Crippen MR) is 65.3 cm³/mol. The highest BCUT2D eigenvalue weighted by Crippen LogP contribution is 2.36. The molecule has 0 saturated heterocycles. The summed E-state index contributed by atoms with van der Waals surface area (Å²) in [5.41, 5.74) is 5.20. The molecule has 0 radical (unpaired) electrons. The number of alkyl halides is 3. The molecule has 108 valence electrons. The Bertz CT molecular complexity index is 235. The molecule has 1 aliphatic rings. The Kier molecular flexibility index (Phi) is 5.92. The minimum absolute atomic E-state index is 0.265. The first kappa shape index (κ1) is 15.8. The minimum atomic E-state index is -4.14. The highest BCUT2D eigenvalue weighted by molar-refractivity contribution is 4.88. The second-order valence-electron chi connectivity index (χ2n) is 5.33. The van der Waals surface area contributed by atoms with Crippen LogP contribution in [0.4, 0.5) is 13.2 Å². The number of rotatable bonds is 6. The molecule has 1 fully saturated rings. The van der Waals surface area contributed by atoms with Gasteiger partial charge in [0, 0.05) is 6.54 Å². The lowest BCUT2D eigenvalue weighted by Crippen LogP contribution is -2.44. The van der Waals surface area contributed by atoms with Crippen LogP contribution in [0.3, 0.4) is 0 Å². The number of halogens is 3. The van der Waals surface area contributed by atoms with Crippen LogP contribution in [0.15, 0.2) is 0 Å². The van der Waals surface area contributed by atoms with Gasteiger partial charge in [-0.05, 0) is 31.6 Å². The second-order valence-corrected chi connectivity index (χ2v) is 5.33. The first-order chi connectivity index (χ1) is 8.41. The molecule has 0 heterocycles. The van der Waals surface area contributed by atoms with Crippen molar-refractivity contribution < 1.29 is 17.9 Å². The number of hydrogen-bond donors (Lipinski definition) is 1. The van der Waals surface area contributed by atoms with E-state index in [9.17, 15) is 13.2 Å². The summed E-state index contributed by atoms with van der Waals surface area (Å²) in [7, 11) is 0. The fraction of sp³-hybridized carbons (Fsp3) is 1.00. The largest absolute Gasteiger partial charge is 0.391 e. The highest BCUT2D eigenvalue weighted by Gasteiger charge is 2.36. The molecule has 18 heavy (non-hydrogen) atoms. The summed E-state index contributed by atoms with van der Waals surface area (Å²) in [5, 5.41) is 0. The van der Waals surface area contributed by atoms with Crippen molar-refractivity contribution in [2.45, 2.75) is 63.6 Å². The number of ether oxygens (including phenoxy) is 1. The van der Waals surface area contributed by atoms with E-state index < -0.39 is 18.2 Å². The van der Waals surface area contributed by atoms with Crippen molar-refractivity contribution in [2.75, 3.05) is 13.2 Å². The smallest absolute Gasteiger partial charge is 0.373 e. The Labute approximate surface area is 107 Å². The van der Waals surface area contributed by atoms with E-state index in [-0.39, 0.29) is 6.61 Å². The Morgan fingerprint density at radius 2 is 1.89 bits per heavy atom. The summed E-state index contributed by atoms with van der Waals surface area (Å²) < 4.78 is 41.7. The molecule has 1 aliphatic carbocycles. The monoisotopic (exact) mass is 267 g/mol. The van der Waals surface area contributed by atoms with Crippen molar-refractivity contribution in [1.82, 2.24) is 0 Å². The van der Waals surface area contributed by atoms with E-state index in [1.165, 1.54) is 6.42 Å². The fourth-order valence-electron chi connectivity index (χ4n) is 2.69. The van der Waals surface area contributed by atoms with Gasteiger partial charge in [0.25, 0.3) is 0 Å². The van der Waals surface area contributed by atoms with Gasteiger partial charge in [-0.3, -0.25) is 0 Å². The molecule has 0 bridgehead atoms. The number of nitrogens with two attached hydrogens (primary N) is 1. The summed E-state index contributed by atoms with van der Waals surface area (Å²) >= 11 is 0. The molecule has 0 aromatic heterocycles. The van der Waals surface area contributed by atoms with Gasteiger partial charge in [0.15, 0.2) is 0 Å². The molecule has 2 nitrogen and oxygen atoms in total. The van der Waals surface area contributed by atoms with E-state index in [4.69, 9.17) is 10.5 Å². The second kappa shape index (κ2) is 6.75. The third-order valence-electron chi connectivity index (χ3n) is 3.88. The van der Waals surface area contributed by atoms with Crippen LogP contribution in [0.2, 0.25) is 0 Å². The van der Waals surface area contributed by atoms with Crippen molar-refractivity contribution in [3.8, 4) is 0 Å². The fourth-order valence-corrected chi connectivity index (χ4v) is 2.69. The SMILES string of the molecule is CCCC1CCC(CN)(OCCC(F)(F)F)CC1. The van der Waals surface area contributed by atoms with Crippen LogP contribution < -0.4 is 5.73 Å². The van der Waals surface area contributed by atoms with Gasteiger partial charge in [-0.25, -0.2) is 0 Å². The number of hydrogen-bond acceptors (Lipinski definition) is 2. The van der Waals surface area contributed by atoms with Crippen molar-refractivity contribution in [1.29, 1.82) is 0 Å². The van der Waals surface area contributed by atoms with Crippen LogP contribution in [0.5, 0.6) is 0 Å². The maximum Gasteiger partial charge on any atom is 0.391 e. The zero-order chi connectivity index (χ0) is 13.6. The van der Waals surface area contributed by atoms with Crippen LogP contribution >= 0.6 is 0 Å². The third kappa shape index (κ3) is 5.14. The first-order valence-electron chi connectivity index (χ1n) is 6.81. The standard InChI is InChI=1S/C13H24F3NO/c1-2-3-11-4-6-12(10-17,7-5-11)18-9-8-13(14,15)16/h11H,2-10,17H2,1H3. The molecule has 2 N–H and O–H groups in total. The lowest BCUT2D eigenvalue weighted by molar-refractivity contribution is -0.162. The lowest BCUT2D eigenvalue weighted by Gasteiger charge is -2.39. The summed E-state index contributed by atoms with van der Waals surface area (Å²) in [4.78, 5) is 0. The highest BCUT2D eigenvalue weighted by atomic mass is 19.4. The lowest BCUT2D eigenvalue weighted by atomic mass is 9.77. The van der Waals surface area contributed by atoms with E-state index in [1.54, 1.807) is 0 Å². The average molecular weight is 267 g/mol. The maximum atomic E-state index is 12.1. The molecule has 0 spiro atoms. The van der Waals surface area contributed by atoms with Crippen molar-refractivity contribution >= 4 is 0 Å². The molecule has 0 amide bonds. The Morgan fingerprint density at radius 3 is 2.33 bits per heavy atom. The van der Waals surface area contributed by atoms with Crippen molar-refractivity contribution in [3.05, 3.63) is 0 Å². The minimum Gasteiger partial charge on any atom is -0.373 e. The molecule has 1 rings (SSSR count). The Hall–Kier alpha value is -0.290. The van der Waals surface area contributed by atoms with Crippen LogP contribution in [-0.2, 0) is 4.74 Å². The zero-order valence-corrected chi connectivity index (χ0v) is 11.1. The van der Waals surface area contributed by atoms with E-state index in [2.05, 4.69) is 6.92 Å². The van der Waals surface area contributed by atoms with E-state index in [0.29, 0.717) is 12.5 Å². The third-order valence-corrected chi connectivity index (χ3v) is 3.88. The van der Waals surface area contributed by atoms with E-state index in [0.717, 1.165) is 32.1 Å². The van der Waals surface area contributed by atoms with Crippen LogP contribution in [0.1, 0.15) is 51.9 Å². The van der Waals surface area contributed by atoms with Gasteiger partial charge in [-0.1, -0.05) is 19.8 Å². The average Bonchev–Trinajstić information content (AvgIpc) is 2.30. The molecule has 0 unspecified atom stereocenters. The van der Waals surface area contributed by atoms with Crippen LogP contribution in [-0.4, -0.2) is 24.9 Å². The zero-order valence-electron chi connectivity index (χ0n) is 11.1. The van der Waals surface area contributed by atoms with E-state index in [1.807, 2.05) is 0 Å². The quantitative estimate of drug-likeness (QED) is 0.797. The predicted octanol–water partition coefficient (Wildman–Crippen LogP) is 3.64. The molecule has 0 aromatic carbocycles. The Morgan fingerprint density at radius 1 is 1.28 bits per heavy atom. The van der Waals surface area contributed by atoms with Crippen LogP contribution in [0, 0.1) is 5.92 Å². The summed E-state index contributed by atoms with van der Waals surface area (Å²) in [5.74, 6) is 0.695. The molecule has 0 atom stereocenters. The summed E-state index contributed by atoms with van der Waals surface area (Å²) in [6, 6.07) is 0. The molecule has 0 aliphatic heterocycles. The van der Waals surface area contributed by atoms with Crippen LogP contribution in [0.25, 0.3) is 0 Å². The van der Waals surface area contributed by atoms with E-state index >= 15 is 0 Å². The molecule has 0 aromatic rings. The topological polar surface area (TPSA) is 35.2 Å². The summed E-state index contributed by atoms with van der Waals surface area (Å²) in [6.45, 7) is 2.22.